The zero-order valence-electron chi connectivity index (χ0n) is 18.2. The quantitative estimate of drug-likeness (QED) is 0.531. The van der Waals surface area contributed by atoms with Crippen LogP contribution in [0.1, 0.15) is 11.1 Å². The first-order chi connectivity index (χ1) is 15.3. The van der Waals surface area contributed by atoms with Gasteiger partial charge in [0.05, 0.1) is 26.5 Å². The van der Waals surface area contributed by atoms with E-state index in [1.54, 1.807) is 49.4 Å². The third-order valence-corrected chi connectivity index (χ3v) is 6.65. The van der Waals surface area contributed by atoms with E-state index in [-0.39, 0.29) is 23.7 Å². The minimum absolute atomic E-state index is 0.0148. The molecule has 0 fully saturated rings. The number of carbonyl (C=O) groups excluding carboxylic acids is 1. The van der Waals surface area contributed by atoms with Crippen molar-refractivity contribution < 1.29 is 22.7 Å². The van der Waals surface area contributed by atoms with Gasteiger partial charge in [-0.2, -0.15) is 4.31 Å². The Hall–Kier alpha value is -3.36. The number of methoxy groups -OCH3 is 2. The van der Waals surface area contributed by atoms with Crippen LogP contribution in [-0.2, 0) is 21.4 Å². The van der Waals surface area contributed by atoms with Crippen molar-refractivity contribution >= 4 is 21.6 Å². The molecule has 168 valence electrons. The fraction of sp³-hybridized carbons (Fsp3) is 0.208. The van der Waals surface area contributed by atoms with Crippen LogP contribution in [0.15, 0.2) is 77.7 Å². The highest BCUT2D eigenvalue weighted by molar-refractivity contribution is 7.89. The predicted octanol–water partition coefficient (Wildman–Crippen LogP) is 3.84. The molecule has 0 heterocycles. The molecule has 1 N–H and O–H groups in total. The number of sulfonamides is 1. The molecule has 0 aliphatic carbocycles. The predicted molar refractivity (Wildman–Crippen MR) is 123 cm³/mol. The molecule has 3 rings (SSSR count). The summed E-state index contributed by atoms with van der Waals surface area (Å²) in [4.78, 5) is 12.9. The molecule has 0 spiro atoms. The fourth-order valence-corrected chi connectivity index (χ4v) is 4.86. The van der Waals surface area contributed by atoms with E-state index in [2.05, 4.69) is 5.32 Å². The van der Waals surface area contributed by atoms with E-state index >= 15 is 0 Å². The Kier molecular flexibility index (Phi) is 7.50. The molecule has 0 aromatic heterocycles. The molecule has 32 heavy (non-hydrogen) atoms. The maximum atomic E-state index is 13.6. The van der Waals surface area contributed by atoms with Gasteiger partial charge in [-0.05, 0) is 42.3 Å². The largest absolute Gasteiger partial charge is 0.495 e. The summed E-state index contributed by atoms with van der Waals surface area (Å²) in [6.45, 7) is 1.44. The molecule has 0 radical (unpaired) electrons. The normalized spacial score (nSPS) is 11.2. The van der Waals surface area contributed by atoms with Crippen molar-refractivity contribution in [3.63, 3.8) is 0 Å². The molecule has 3 aromatic carbocycles. The molecule has 7 nitrogen and oxygen atoms in total. The summed E-state index contributed by atoms with van der Waals surface area (Å²) >= 11 is 0. The molecule has 1 amide bonds. The highest BCUT2D eigenvalue weighted by atomic mass is 32.2. The van der Waals surface area contributed by atoms with Crippen LogP contribution in [-0.4, -0.2) is 39.4 Å². The zero-order chi connectivity index (χ0) is 23.1. The second kappa shape index (κ2) is 10.3. The van der Waals surface area contributed by atoms with Crippen molar-refractivity contribution in [2.75, 3.05) is 26.1 Å². The summed E-state index contributed by atoms with van der Waals surface area (Å²) in [7, 11) is -1.13. The summed E-state index contributed by atoms with van der Waals surface area (Å²) in [5.74, 6) is 0.220. The highest BCUT2D eigenvalue weighted by Gasteiger charge is 2.30. The van der Waals surface area contributed by atoms with E-state index in [1.165, 1.54) is 14.2 Å². The van der Waals surface area contributed by atoms with E-state index in [0.717, 1.165) is 15.4 Å². The van der Waals surface area contributed by atoms with Crippen LogP contribution in [0.4, 0.5) is 5.69 Å². The molecule has 0 aliphatic rings. The molecular weight excluding hydrogens is 428 g/mol. The van der Waals surface area contributed by atoms with Crippen molar-refractivity contribution in [3.05, 3.63) is 83.9 Å². The first kappa shape index (κ1) is 23.3. The molecule has 0 unspecified atom stereocenters. The lowest BCUT2D eigenvalue weighted by atomic mass is 10.2. The number of anilines is 1. The number of para-hydroxylation sites is 2. The first-order valence-corrected chi connectivity index (χ1v) is 11.4. The van der Waals surface area contributed by atoms with E-state index in [0.29, 0.717) is 11.4 Å². The SMILES string of the molecule is COc1ccccc1NC(=O)CN(Cc1ccccc1)S(=O)(=O)c1cc(C)ccc1OC. The van der Waals surface area contributed by atoms with Crippen LogP contribution in [0.2, 0.25) is 0 Å². The number of nitrogens with zero attached hydrogens (tertiary/aromatic N) is 1. The Morgan fingerprint density at radius 3 is 2.25 bits per heavy atom. The van der Waals surface area contributed by atoms with Crippen LogP contribution in [0.5, 0.6) is 11.5 Å². The molecule has 3 aromatic rings. The third kappa shape index (κ3) is 5.46. The number of benzene rings is 3. The monoisotopic (exact) mass is 454 g/mol. The van der Waals surface area contributed by atoms with Gasteiger partial charge in [-0.15, -0.1) is 0 Å². The number of carbonyl (C=O) groups is 1. The van der Waals surface area contributed by atoms with Gasteiger partial charge in [0.2, 0.25) is 15.9 Å². The number of hydrogen-bond donors (Lipinski definition) is 1. The molecular formula is C24H26N2O5S. The van der Waals surface area contributed by atoms with Crippen molar-refractivity contribution in [2.45, 2.75) is 18.4 Å². The maximum absolute atomic E-state index is 13.6. The number of ether oxygens (including phenoxy) is 2. The van der Waals surface area contributed by atoms with Gasteiger partial charge < -0.3 is 14.8 Å². The average Bonchev–Trinajstić information content (AvgIpc) is 2.79. The van der Waals surface area contributed by atoms with Crippen molar-refractivity contribution in [3.8, 4) is 11.5 Å². The van der Waals surface area contributed by atoms with Crippen LogP contribution >= 0.6 is 0 Å². The van der Waals surface area contributed by atoms with Crippen molar-refractivity contribution in [1.29, 1.82) is 0 Å². The van der Waals surface area contributed by atoms with Crippen molar-refractivity contribution in [2.24, 2.45) is 0 Å². The Bertz CT molecular complexity index is 1180. The Balaban J connectivity index is 1.95. The Morgan fingerprint density at radius 2 is 1.56 bits per heavy atom. The average molecular weight is 455 g/mol. The van der Waals surface area contributed by atoms with Gasteiger partial charge >= 0.3 is 0 Å². The van der Waals surface area contributed by atoms with Crippen molar-refractivity contribution in [1.82, 2.24) is 4.31 Å². The van der Waals surface area contributed by atoms with E-state index in [4.69, 9.17) is 9.47 Å². The molecule has 0 bridgehead atoms. The third-order valence-electron chi connectivity index (χ3n) is 4.84. The minimum Gasteiger partial charge on any atom is -0.495 e. The standard InChI is InChI=1S/C24H26N2O5S/c1-18-13-14-22(31-3)23(15-18)32(28,29)26(16-19-9-5-4-6-10-19)17-24(27)25-20-11-7-8-12-21(20)30-2/h4-15H,16-17H2,1-3H3,(H,25,27). The van der Waals surface area contributed by atoms with Gasteiger partial charge in [0.25, 0.3) is 0 Å². The Labute approximate surface area is 188 Å². The van der Waals surface area contributed by atoms with Gasteiger partial charge in [0.15, 0.2) is 0 Å². The van der Waals surface area contributed by atoms with Crippen LogP contribution in [0.25, 0.3) is 0 Å². The van der Waals surface area contributed by atoms with Crippen LogP contribution in [0, 0.1) is 6.92 Å². The maximum Gasteiger partial charge on any atom is 0.247 e. The van der Waals surface area contributed by atoms with Gasteiger partial charge in [0, 0.05) is 6.54 Å². The minimum atomic E-state index is -4.05. The summed E-state index contributed by atoms with van der Waals surface area (Å²) in [5, 5.41) is 2.74. The molecule has 0 aliphatic heterocycles. The molecule has 8 heteroatoms. The highest BCUT2D eigenvalue weighted by Crippen LogP contribution is 2.29. The lowest BCUT2D eigenvalue weighted by molar-refractivity contribution is -0.116. The summed E-state index contributed by atoms with van der Waals surface area (Å²) in [6.07, 6.45) is 0. The zero-order valence-corrected chi connectivity index (χ0v) is 19.1. The topological polar surface area (TPSA) is 84.9 Å². The smallest absolute Gasteiger partial charge is 0.247 e. The van der Waals surface area contributed by atoms with Gasteiger partial charge in [0.1, 0.15) is 16.4 Å². The molecule has 0 saturated carbocycles. The van der Waals surface area contributed by atoms with Gasteiger partial charge in [-0.1, -0.05) is 48.5 Å². The number of nitrogens with one attached hydrogen (secondary N) is 1. The number of rotatable bonds is 9. The van der Waals surface area contributed by atoms with Gasteiger partial charge in [-0.25, -0.2) is 8.42 Å². The molecule has 0 atom stereocenters. The number of amides is 1. The lowest BCUT2D eigenvalue weighted by Crippen LogP contribution is -2.37. The van der Waals surface area contributed by atoms with Crippen LogP contribution < -0.4 is 14.8 Å². The summed E-state index contributed by atoms with van der Waals surface area (Å²) < 4.78 is 38.9. The van der Waals surface area contributed by atoms with E-state index in [1.807, 2.05) is 30.3 Å². The first-order valence-electron chi connectivity index (χ1n) is 9.96. The van der Waals surface area contributed by atoms with Crippen LogP contribution in [0.3, 0.4) is 0 Å². The lowest BCUT2D eigenvalue weighted by Gasteiger charge is -2.23. The number of hydrogen-bond acceptors (Lipinski definition) is 5. The summed E-state index contributed by atoms with van der Waals surface area (Å²) in [5.41, 5.74) is 1.99. The molecule has 0 saturated heterocycles. The van der Waals surface area contributed by atoms with E-state index in [9.17, 15) is 13.2 Å². The fourth-order valence-electron chi connectivity index (χ4n) is 3.24. The second-order valence-electron chi connectivity index (χ2n) is 7.16. The summed E-state index contributed by atoms with van der Waals surface area (Å²) in [6, 6.07) is 21.0. The second-order valence-corrected chi connectivity index (χ2v) is 9.07. The number of aryl methyl sites for hydroxylation is 1. The Morgan fingerprint density at radius 1 is 0.906 bits per heavy atom. The van der Waals surface area contributed by atoms with E-state index < -0.39 is 15.9 Å². The van der Waals surface area contributed by atoms with Gasteiger partial charge in [-0.3, -0.25) is 4.79 Å².